The molecule has 0 aromatic carbocycles. The first-order valence-electron chi connectivity index (χ1n) is 6.26. The highest BCUT2D eigenvalue weighted by Gasteiger charge is 1.93. The third kappa shape index (κ3) is 18.7. The van der Waals surface area contributed by atoms with E-state index < -0.39 is 0 Å². The molecule has 0 saturated heterocycles. The summed E-state index contributed by atoms with van der Waals surface area (Å²) in [6.45, 7) is 19.6. The Morgan fingerprint density at radius 2 is 1.38 bits per heavy atom. The second-order valence-corrected chi connectivity index (χ2v) is 1.94. The van der Waals surface area contributed by atoms with Crippen LogP contribution in [0.1, 0.15) is 55.4 Å². The highest BCUT2D eigenvalue weighted by atomic mass is 16.5. The van der Waals surface area contributed by atoms with Gasteiger partial charge in [-0.2, -0.15) is 0 Å². The van der Waals surface area contributed by atoms with Gasteiger partial charge in [-0.3, -0.25) is 0 Å². The lowest BCUT2D eigenvalue weighted by molar-refractivity contribution is 0.301. The molecular formula is C15H32O. The zero-order valence-electron chi connectivity index (χ0n) is 12.8. The summed E-state index contributed by atoms with van der Waals surface area (Å²) in [4.78, 5) is 0. The van der Waals surface area contributed by atoms with Crippen molar-refractivity contribution in [1.29, 1.82) is 0 Å². The summed E-state index contributed by atoms with van der Waals surface area (Å²) in [5.41, 5.74) is 1.13. The lowest BCUT2D eigenvalue weighted by Crippen LogP contribution is -1.86. The molecule has 0 atom stereocenters. The summed E-state index contributed by atoms with van der Waals surface area (Å²) >= 11 is 0. The summed E-state index contributed by atoms with van der Waals surface area (Å²) < 4.78 is 5.06. The van der Waals surface area contributed by atoms with Gasteiger partial charge < -0.3 is 4.74 Å². The summed E-state index contributed by atoms with van der Waals surface area (Å²) in [7, 11) is 1.66. The summed E-state index contributed by atoms with van der Waals surface area (Å²) in [5.74, 6) is 0.873. The quantitative estimate of drug-likeness (QED) is 0.441. The third-order valence-corrected chi connectivity index (χ3v) is 1.31. The summed E-state index contributed by atoms with van der Waals surface area (Å²) in [5, 5.41) is 0. The molecule has 0 aromatic rings. The maximum atomic E-state index is 5.06. The SMILES string of the molecule is C=C/C=C(OC)\C(C)=C/C.CC.CC.CC. The Morgan fingerprint density at radius 3 is 1.56 bits per heavy atom. The van der Waals surface area contributed by atoms with Crippen molar-refractivity contribution in [2.24, 2.45) is 0 Å². The molecule has 0 aliphatic heterocycles. The average Bonchev–Trinajstić information content (AvgIpc) is 2.42. The molecule has 0 rings (SSSR count). The van der Waals surface area contributed by atoms with Crippen LogP contribution >= 0.6 is 0 Å². The minimum atomic E-state index is 0.873. The second kappa shape index (κ2) is 29.2. The predicted molar refractivity (Wildman–Crippen MR) is 78.8 cm³/mol. The monoisotopic (exact) mass is 228 g/mol. The fourth-order valence-corrected chi connectivity index (χ4v) is 0.610. The van der Waals surface area contributed by atoms with E-state index in [1.54, 1.807) is 13.2 Å². The zero-order chi connectivity index (χ0) is 14.0. The first-order valence-corrected chi connectivity index (χ1v) is 6.26. The fourth-order valence-electron chi connectivity index (χ4n) is 0.610. The standard InChI is InChI=1S/C9H14O.3C2H6/c1-5-7-9(10-4)8(3)6-2;3*1-2/h5-7H,1H2,2-4H3;3*1-2H3/b8-6-,9-7+;;;. The number of hydrogen-bond donors (Lipinski definition) is 0. The maximum Gasteiger partial charge on any atom is 0.121 e. The fraction of sp³-hybridized carbons (Fsp3) is 0.600. The molecule has 0 spiro atoms. The molecule has 0 bridgehead atoms. The van der Waals surface area contributed by atoms with E-state index in [4.69, 9.17) is 4.74 Å². The Labute approximate surface area is 104 Å². The van der Waals surface area contributed by atoms with E-state index in [1.165, 1.54) is 0 Å². The van der Waals surface area contributed by atoms with Crippen LogP contribution in [0.15, 0.2) is 36.1 Å². The van der Waals surface area contributed by atoms with E-state index in [0.29, 0.717) is 0 Å². The van der Waals surface area contributed by atoms with Gasteiger partial charge in [0.05, 0.1) is 7.11 Å². The van der Waals surface area contributed by atoms with Gasteiger partial charge in [-0.15, -0.1) is 0 Å². The van der Waals surface area contributed by atoms with Crippen molar-refractivity contribution >= 4 is 0 Å². The molecule has 0 unspecified atom stereocenters. The van der Waals surface area contributed by atoms with Crippen molar-refractivity contribution in [3.05, 3.63) is 36.1 Å². The van der Waals surface area contributed by atoms with E-state index >= 15 is 0 Å². The van der Waals surface area contributed by atoms with Gasteiger partial charge in [0.1, 0.15) is 5.76 Å². The van der Waals surface area contributed by atoms with Gasteiger partial charge in [0.2, 0.25) is 0 Å². The van der Waals surface area contributed by atoms with Crippen molar-refractivity contribution in [3.63, 3.8) is 0 Å². The summed E-state index contributed by atoms with van der Waals surface area (Å²) in [6.07, 6.45) is 5.56. The first-order chi connectivity index (χ1) is 7.76. The molecule has 16 heavy (non-hydrogen) atoms. The largest absolute Gasteiger partial charge is 0.497 e. The average molecular weight is 228 g/mol. The molecule has 0 saturated carbocycles. The molecule has 0 fully saturated rings. The van der Waals surface area contributed by atoms with E-state index in [9.17, 15) is 0 Å². The summed E-state index contributed by atoms with van der Waals surface area (Å²) in [6, 6.07) is 0. The molecule has 0 radical (unpaired) electrons. The molecule has 0 aliphatic rings. The van der Waals surface area contributed by atoms with Crippen molar-refractivity contribution in [2.45, 2.75) is 55.4 Å². The van der Waals surface area contributed by atoms with Gasteiger partial charge in [0.15, 0.2) is 0 Å². The molecule has 0 amide bonds. The van der Waals surface area contributed by atoms with Crippen LogP contribution in [0.25, 0.3) is 0 Å². The Bertz CT molecular complexity index is 164. The van der Waals surface area contributed by atoms with E-state index in [0.717, 1.165) is 11.3 Å². The molecule has 1 heteroatoms. The van der Waals surface area contributed by atoms with Crippen LogP contribution in [-0.2, 0) is 4.74 Å². The van der Waals surface area contributed by atoms with Gasteiger partial charge >= 0.3 is 0 Å². The Balaban J connectivity index is -0.000000103. The van der Waals surface area contributed by atoms with Gasteiger partial charge in [0.25, 0.3) is 0 Å². The van der Waals surface area contributed by atoms with Gasteiger partial charge in [-0.05, 0) is 25.5 Å². The maximum absolute atomic E-state index is 5.06. The third-order valence-electron chi connectivity index (χ3n) is 1.31. The molecule has 0 heterocycles. The van der Waals surface area contributed by atoms with E-state index in [2.05, 4.69) is 6.58 Å². The van der Waals surface area contributed by atoms with Crippen LogP contribution in [0.4, 0.5) is 0 Å². The molecule has 0 aliphatic carbocycles. The molecule has 0 aromatic heterocycles. The van der Waals surface area contributed by atoms with Crippen molar-refractivity contribution in [3.8, 4) is 0 Å². The molecule has 98 valence electrons. The van der Waals surface area contributed by atoms with Crippen LogP contribution in [-0.4, -0.2) is 7.11 Å². The smallest absolute Gasteiger partial charge is 0.121 e. The number of hydrogen-bond acceptors (Lipinski definition) is 1. The second-order valence-electron chi connectivity index (χ2n) is 1.94. The van der Waals surface area contributed by atoms with E-state index in [1.807, 2.05) is 67.5 Å². The topological polar surface area (TPSA) is 9.23 Å². The van der Waals surface area contributed by atoms with Crippen LogP contribution in [0.3, 0.4) is 0 Å². The normalized spacial score (nSPS) is 9.31. The number of rotatable bonds is 3. The highest BCUT2D eigenvalue weighted by molar-refractivity contribution is 5.25. The lowest BCUT2D eigenvalue weighted by atomic mass is 10.2. The number of ether oxygens (including phenoxy) is 1. The Kier molecular flexibility index (Phi) is 44.4. The zero-order valence-corrected chi connectivity index (χ0v) is 12.8. The number of methoxy groups -OCH3 is 1. The molecule has 0 N–H and O–H groups in total. The number of allylic oxidation sites excluding steroid dienone is 4. The Morgan fingerprint density at radius 1 is 1.00 bits per heavy atom. The van der Waals surface area contributed by atoms with Crippen LogP contribution in [0.5, 0.6) is 0 Å². The predicted octanol–water partition coefficient (Wildman–Crippen LogP) is 5.75. The van der Waals surface area contributed by atoms with Crippen LogP contribution in [0, 0.1) is 0 Å². The van der Waals surface area contributed by atoms with Gasteiger partial charge in [-0.1, -0.05) is 60.3 Å². The lowest BCUT2D eigenvalue weighted by Gasteiger charge is -2.03. The van der Waals surface area contributed by atoms with Crippen molar-refractivity contribution in [2.75, 3.05) is 7.11 Å². The minimum absolute atomic E-state index is 0.873. The Hall–Kier alpha value is -0.980. The van der Waals surface area contributed by atoms with Crippen molar-refractivity contribution < 1.29 is 4.74 Å². The van der Waals surface area contributed by atoms with E-state index in [-0.39, 0.29) is 0 Å². The van der Waals surface area contributed by atoms with Gasteiger partial charge in [-0.25, -0.2) is 0 Å². The van der Waals surface area contributed by atoms with Crippen LogP contribution in [0.2, 0.25) is 0 Å². The first kappa shape index (κ1) is 24.3. The minimum Gasteiger partial charge on any atom is -0.497 e. The highest BCUT2D eigenvalue weighted by Crippen LogP contribution is 2.08. The van der Waals surface area contributed by atoms with Crippen LogP contribution < -0.4 is 0 Å². The van der Waals surface area contributed by atoms with Crippen molar-refractivity contribution in [1.82, 2.24) is 0 Å². The molecule has 1 nitrogen and oxygen atoms in total. The van der Waals surface area contributed by atoms with Gasteiger partial charge in [0, 0.05) is 0 Å². The molecular weight excluding hydrogens is 196 g/mol.